The number of fused-ring (bicyclic) bond motifs is 2. The quantitative estimate of drug-likeness (QED) is 0.0657. The van der Waals surface area contributed by atoms with E-state index in [1.807, 2.05) is 81.3 Å². The smallest absolute Gasteiger partial charge is 0.407 e. The zero-order valence-corrected chi connectivity index (χ0v) is 82.0. The fourth-order valence-corrected chi connectivity index (χ4v) is 34.5. The lowest BCUT2D eigenvalue weighted by atomic mass is 9.43. The molecule has 23 aliphatic rings. The Morgan fingerprint density at radius 3 is 1.08 bits per heavy atom. The molecule has 29 rings (SSSR count). The van der Waals surface area contributed by atoms with Crippen LogP contribution in [0.1, 0.15) is 281 Å². The van der Waals surface area contributed by atoms with Gasteiger partial charge in [0.2, 0.25) is 29.5 Å². The van der Waals surface area contributed by atoms with Crippen molar-refractivity contribution in [2.45, 2.75) is 314 Å². The third kappa shape index (κ3) is 20.5. The van der Waals surface area contributed by atoms with Crippen molar-refractivity contribution in [2.75, 3.05) is 79.6 Å². The van der Waals surface area contributed by atoms with Crippen LogP contribution < -0.4 is 5.32 Å². The van der Waals surface area contributed by atoms with Gasteiger partial charge in [-0.05, 0) is 369 Å². The normalized spacial score (nSPS) is 35.9. The fraction of sp³-hybridized carbons (Fsp3) is 0.656. The van der Waals surface area contributed by atoms with Crippen LogP contribution in [-0.2, 0) is 72.9 Å². The van der Waals surface area contributed by atoms with Gasteiger partial charge in [0.1, 0.15) is 23.6 Å². The highest BCUT2D eigenvalue weighted by Gasteiger charge is 2.66. The van der Waals surface area contributed by atoms with Crippen molar-refractivity contribution in [3.63, 3.8) is 0 Å². The van der Waals surface area contributed by atoms with Crippen molar-refractivity contribution in [2.24, 2.45) is 112 Å². The first-order chi connectivity index (χ1) is 66.9. The summed E-state index contributed by atoms with van der Waals surface area (Å²) in [6.45, 7) is 9.24. The predicted octanol–water partition coefficient (Wildman–Crippen LogP) is 22.6. The number of carbonyl (C=O) groups excluding carboxylic acids is 6. The first-order valence-corrected chi connectivity index (χ1v) is 54.1. The van der Waals surface area contributed by atoms with Crippen molar-refractivity contribution >= 4 is 35.6 Å². The third-order valence-corrected chi connectivity index (χ3v) is 40.2. The Labute approximate surface area is 846 Å². The second-order valence-corrected chi connectivity index (χ2v) is 47.7. The maximum absolute atomic E-state index is 14.0. The van der Waals surface area contributed by atoms with Crippen LogP contribution >= 0.6 is 0 Å². The van der Waals surface area contributed by atoms with Gasteiger partial charge in [-0.15, -0.1) is 0 Å². The van der Waals surface area contributed by atoms with Crippen LogP contribution in [0, 0.1) is 136 Å². The van der Waals surface area contributed by atoms with Gasteiger partial charge in [-0.25, -0.2) is 18.0 Å². The number of likely N-dealkylation sites (tertiary alicyclic amines) is 5. The van der Waals surface area contributed by atoms with Crippen molar-refractivity contribution in [1.82, 2.24) is 29.8 Å². The van der Waals surface area contributed by atoms with Gasteiger partial charge < -0.3 is 54.2 Å². The minimum Gasteiger partial charge on any atom is -0.442 e. The number of carbonyl (C=O) groups is 6. The number of benzene rings is 6. The maximum atomic E-state index is 14.0. The van der Waals surface area contributed by atoms with Crippen LogP contribution in [0.4, 0.5) is 18.0 Å². The van der Waals surface area contributed by atoms with E-state index in [9.17, 15) is 52.2 Å². The van der Waals surface area contributed by atoms with Crippen molar-refractivity contribution in [3.8, 4) is 0 Å². The third-order valence-electron chi connectivity index (χ3n) is 40.2. The van der Waals surface area contributed by atoms with E-state index < -0.39 is 6.09 Å². The number of rotatable bonds is 20. The molecule has 18 bridgehead atoms. The lowest BCUT2D eigenvalue weighted by Crippen LogP contribution is -2.66. The molecule has 23 fully saturated rings. The number of nitrogens with one attached hydrogen (secondary N) is 1. The molecule has 6 atom stereocenters. The summed E-state index contributed by atoms with van der Waals surface area (Å²) in [6.07, 6.45) is 37.3. The summed E-state index contributed by atoms with van der Waals surface area (Å²) in [6, 6.07) is 51.0. The largest absolute Gasteiger partial charge is 0.442 e. The lowest BCUT2D eigenvalue weighted by Gasteiger charge is -2.62. The summed E-state index contributed by atoms with van der Waals surface area (Å²) in [7, 11) is 3.39. The summed E-state index contributed by atoms with van der Waals surface area (Å²) in [5.74, 6) is 12.9. The Morgan fingerprint density at radius 2 is 0.697 bits per heavy atom. The molecule has 18 saturated carbocycles. The molecule has 772 valence electrons. The molecule has 0 aromatic heterocycles. The zero-order chi connectivity index (χ0) is 94.9. The summed E-state index contributed by atoms with van der Waals surface area (Å²) in [5.41, 5.74) is 8.02. The van der Waals surface area contributed by atoms with Crippen LogP contribution in [0.5, 0.6) is 0 Å². The molecule has 5 saturated heterocycles. The fourth-order valence-electron chi connectivity index (χ4n) is 34.5. The molecule has 6 aromatic carbocycles. The molecule has 0 radical (unpaired) electrons. The number of alkyl carbamates (subject to hydrolysis) is 1. The number of hydrogen-bond donors (Lipinski definition) is 3. The number of halogens is 3. The van der Waals surface area contributed by atoms with E-state index in [1.54, 1.807) is 43.4 Å². The Morgan fingerprint density at radius 1 is 0.345 bits per heavy atom. The van der Waals surface area contributed by atoms with Crippen LogP contribution in [0.15, 0.2) is 158 Å². The van der Waals surface area contributed by atoms with Gasteiger partial charge in [-0.1, -0.05) is 163 Å². The molecular formula is C122H167F3N6O11. The molecule has 6 aromatic rings. The van der Waals surface area contributed by atoms with E-state index in [4.69, 9.17) is 14.2 Å². The van der Waals surface area contributed by atoms with Gasteiger partial charge >= 0.3 is 6.09 Å². The highest BCUT2D eigenvalue weighted by molar-refractivity contribution is 5.86. The number of nitrogens with zero attached hydrogens (tertiary/aromatic N) is 5. The SMILES string of the molecule is C.C.C.C.CNC(=O)OC1CN(C(=O)C2(Cc3ccc(C)cc3)C3CC4CC(C3)CC2C4)C1.COC1C[C@H]2CCC[C@@H](C1)C2(CC(=O)N1CC(O)C1)c1ccccc1.O=C(CC1(c2ccc(F)cc2)C2CC3CC(C2)CC1C3)N1CCC(OCc2ccccc2)C1.O=C(CC1(c2ccc(F)cc2)C2CC3CC(C2)CC1C3)N1CCCC1.O=C(CC1(c2ccc(F)cc2)C2CC3CC(C2)CC1C3)N1CC[C@H](O)C1. The summed E-state index contributed by atoms with van der Waals surface area (Å²) < 4.78 is 58.2. The average molecular weight is 1950 g/mol. The Bertz CT molecular complexity index is 5130. The summed E-state index contributed by atoms with van der Waals surface area (Å²) in [4.78, 5) is 88.2. The molecule has 18 aliphatic carbocycles. The number of ether oxygens (including phenoxy) is 3. The molecule has 142 heavy (non-hydrogen) atoms. The van der Waals surface area contributed by atoms with E-state index >= 15 is 0 Å². The van der Waals surface area contributed by atoms with Gasteiger partial charge in [0.25, 0.3) is 0 Å². The lowest BCUT2D eigenvalue weighted by molar-refractivity contribution is -0.179. The van der Waals surface area contributed by atoms with E-state index in [-0.39, 0.29) is 116 Å². The Kier molecular flexibility index (Phi) is 32.5. The first kappa shape index (κ1) is 105. The molecule has 5 aliphatic heterocycles. The highest BCUT2D eigenvalue weighted by Crippen LogP contribution is 2.70. The number of aliphatic hydroxyl groups excluding tert-OH is 2. The topological polar surface area (TPSA) is 199 Å². The van der Waals surface area contributed by atoms with Gasteiger partial charge in [-0.3, -0.25) is 24.0 Å². The van der Waals surface area contributed by atoms with Crippen LogP contribution in [0.3, 0.4) is 0 Å². The standard InChI is InChI=1S/C29H34FNO2.C24H32N2O3.C22H28FNO2.C22H28FNO.C21H29NO3.4CH4/c30-26-8-6-23(7-9-26)29(24-13-21-12-22(15-24)16-25(29)14-21)17-28(32)31-11-10-27(18-31)33-19-20-4-2-1-3-5-20;1-15-3-5-16(6-4-15)12-24(19-8-17-7-18(10-19)11-20(24)9-17)22(27)26-13-21(14-26)29-23(28)25-2;23-19-3-1-16(2-4-19)22(12-21(26)24-6-5-20(25)13-24)17-8-14-7-15(10-17)11-18(22)9-14;23-20-5-3-17(4-6-20)22(14-21(25)24-7-1-2-8-24)18-10-15-9-16(12-18)13-19(22)11-15;1-25-19-10-16-8-5-9-17(11-19)21(16,15-6-3-2-4-7-15)12-20(24)22-13-18(23)14-22;;;;/h1-9,21-22,24-25,27H,10-19H2;3-6,17-21H,7-14H2,1-2H3,(H,25,28);1-4,14-15,17-18,20,25H,5-13H2;3-6,15-16,18-19H,1-2,7-14H2;2-4,6-7,16-19,23H,5,8-14H2,1H3;4*1H4/t;;14?,15?,17?,18?,20-,22?;;16-,17+,19?,21?;;;;/m..0....../s1. The Balaban J connectivity index is 0.000000122. The number of methoxy groups -OCH3 is 1. The number of hydrogen-bond acceptors (Lipinski definition) is 11. The first-order valence-electron chi connectivity index (χ1n) is 54.1. The van der Waals surface area contributed by atoms with Crippen molar-refractivity contribution in [1.29, 1.82) is 0 Å². The molecule has 3 unspecified atom stereocenters. The summed E-state index contributed by atoms with van der Waals surface area (Å²) >= 11 is 0. The van der Waals surface area contributed by atoms with E-state index in [2.05, 4.69) is 83.9 Å². The van der Waals surface area contributed by atoms with Crippen molar-refractivity contribution < 1.29 is 66.4 Å². The number of β-amino-alcohol motifs (C(OH)–C–C–N with tert-alkyl or cyclic N) is 2. The molecule has 0 spiro atoms. The maximum Gasteiger partial charge on any atom is 0.407 e. The average Bonchev–Trinajstić information content (AvgIpc) is 0.791. The molecule has 17 nitrogen and oxygen atoms in total. The van der Waals surface area contributed by atoms with Gasteiger partial charge in [0, 0.05) is 114 Å². The van der Waals surface area contributed by atoms with E-state index in [1.165, 1.54) is 187 Å². The second kappa shape index (κ2) is 43.9. The minimum absolute atomic E-state index is 0. The zero-order valence-electron chi connectivity index (χ0n) is 82.0. The highest BCUT2D eigenvalue weighted by atomic mass is 19.1. The molecular weight excluding hydrogens is 1780 g/mol. The summed E-state index contributed by atoms with van der Waals surface area (Å²) in [5, 5.41) is 21.9. The molecule has 20 heteroatoms. The van der Waals surface area contributed by atoms with E-state index in [0.29, 0.717) is 162 Å². The van der Waals surface area contributed by atoms with Crippen molar-refractivity contribution in [3.05, 3.63) is 214 Å². The monoisotopic (exact) mass is 1950 g/mol. The van der Waals surface area contributed by atoms with Crippen LogP contribution in [0.25, 0.3) is 0 Å². The number of aryl methyl sites for hydroxylation is 1. The van der Waals surface area contributed by atoms with Crippen LogP contribution in [0.2, 0.25) is 0 Å². The van der Waals surface area contributed by atoms with Gasteiger partial charge in [-0.2, -0.15) is 0 Å². The predicted molar refractivity (Wildman–Crippen MR) is 552 cm³/mol. The number of aliphatic hydroxyl groups is 2. The molecule has 5 heterocycles. The number of amides is 6. The van der Waals surface area contributed by atoms with E-state index in [0.717, 1.165) is 106 Å². The van der Waals surface area contributed by atoms with Crippen LogP contribution in [-0.4, -0.2) is 180 Å². The Hall–Kier alpha value is -8.43. The minimum atomic E-state index is -0.411. The van der Waals surface area contributed by atoms with Gasteiger partial charge in [0.15, 0.2) is 0 Å². The second-order valence-electron chi connectivity index (χ2n) is 47.7. The molecule has 3 N–H and O–H groups in total. The van der Waals surface area contributed by atoms with Gasteiger partial charge in [0.05, 0.1) is 49.5 Å². The molecule has 6 amide bonds.